The van der Waals surface area contributed by atoms with E-state index in [-0.39, 0.29) is 17.5 Å². The van der Waals surface area contributed by atoms with Gasteiger partial charge >= 0.3 is 0 Å². The van der Waals surface area contributed by atoms with E-state index in [2.05, 4.69) is 5.10 Å². The monoisotopic (exact) mass is 371 g/mol. The first-order valence-corrected chi connectivity index (χ1v) is 7.96. The Morgan fingerprint density at radius 1 is 1.19 bits per heavy atom. The zero-order valence-corrected chi connectivity index (χ0v) is 14.9. The summed E-state index contributed by atoms with van der Waals surface area (Å²) in [5, 5.41) is 16.4. The van der Waals surface area contributed by atoms with Crippen LogP contribution in [0.3, 0.4) is 0 Å². The van der Waals surface area contributed by atoms with Crippen LogP contribution in [0.5, 0.6) is 11.5 Å². The molecule has 0 spiro atoms. The van der Waals surface area contributed by atoms with Gasteiger partial charge in [0.05, 0.1) is 19.1 Å². The topological polar surface area (TPSA) is 103 Å². The van der Waals surface area contributed by atoms with E-state index in [1.807, 2.05) is 0 Å². The van der Waals surface area contributed by atoms with E-state index in [1.54, 1.807) is 24.3 Å². The number of methoxy groups -OCH3 is 2. The highest BCUT2D eigenvalue weighted by Crippen LogP contribution is 2.36. The van der Waals surface area contributed by atoms with Crippen LogP contribution in [0.25, 0.3) is 0 Å². The number of hydrogen-bond donors (Lipinski definition) is 0. The third-order valence-electron chi connectivity index (χ3n) is 3.96. The third-order valence-corrected chi connectivity index (χ3v) is 3.96. The fourth-order valence-electron chi connectivity index (χ4n) is 2.66. The van der Waals surface area contributed by atoms with Gasteiger partial charge in [-0.2, -0.15) is 5.01 Å². The molecule has 0 aromatic heterocycles. The Morgan fingerprint density at radius 2 is 1.93 bits per heavy atom. The number of non-ortho nitro benzene ring substituents is 1. The quantitative estimate of drug-likeness (QED) is 0.591. The van der Waals surface area contributed by atoms with Crippen molar-refractivity contribution in [2.45, 2.75) is 13.2 Å². The molecule has 0 fully saturated rings. The van der Waals surface area contributed by atoms with Gasteiger partial charge < -0.3 is 14.2 Å². The van der Waals surface area contributed by atoms with Crippen LogP contribution >= 0.6 is 0 Å². The summed E-state index contributed by atoms with van der Waals surface area (Å²) in [5.41, 5.74) is 0.924. The van der Waals surface area contributed by atoms with Crippen molar-refractivity contribution in [2.24, 2.45) is 5.10 Å². The van der Waals surface area contributed by atoms with E-state index in [0.717, 1.165) is 0 Å². The summed E-state index contributed by atoms with van der Waals surface area (Å²) in [4.78, 5) is 22.5. The lowest BCUT2D eigenvalue weighted by Crippen LogP contribution is -2.25. The highest BCUT2D eigenvalue weighted by atomic mass is 16.6. The van der Waals surface area contributed by atoms with Gasteiger partial charge in [-0.05, 0) is 24.3 Å². The zero-order chi connectivity index (χ0) is 19.6. The second-order valence-electron chi connectivity index (χ2n) is 5.66. The maximum atomic E-state index is 12.0. The number of ether oxygens (including phenoxy) is 3. The Morgan fingerprint density at radius 3 is 2.56 bits per heavy atom. The molecule has 9 nitrogen and oxygen atoms in total. The number of amides is 1. The number of carbonyl (C=O) groups is 1. The summed E-state index contributed by atoms with van der Waals surface area (Å²) in [7, 11) is 3.03. The number of nitro groups is 1. The van der Waals surface area contributed by atoms with Gasteiger partial charge in [0.1, 0.15) is 0 Å². The second kappa shape index (κ2) is 7.32. The molecule has 9 heteroatoms. The van der Waals surface area contributed by atoms with Crippen LogP contribution in [0, 0.1) is 10.1 Å². The van der Waals surface area contributed by atoms with Crippen molar-refractivity contribution in [3.05, 3.63) is 63.7 Å². The van der Waals surface area contributed by atoms with Gasteiger partial charge in [-0.1, -0.05) is 6.07 Å². The molecule has 27 heavy (non-hydrogen) atoms. The normalized spacial score (nSPS) is 15.7. The van der Waals surface area contributed by atoms with Crippen LogP contribution in [-0.2, 0) is 9.53 Å². The third kappa shape index (κ3) is 3.52. The Kier molecular flexibility index (Phi) is 4.93. The first-order chi connectivity index (χ1) is 12.9. The first-order valence-electron chi connectivity index (χ1n) is 7.96. The van der Waals surface area contributed by atoms with E-state index < -0.39 is 11.2 Å². The summed E-state index contributed by atoms with van der Waals surface area (Å²) in [6.45, 7) is 1.36. The average Bonchev–Trinajstić information content (AvgIpc) is 3.13. The van der Waals surface area contributed by atoms with Crippen molar-refractivity contribution in [3.63, 3.8) is 0 Å². The molecule has 2 aromatic carbocycles. The van der Waals surface area contributed by atoms with E-state index in [4.69, 9.17) is 14.2 Å². The van der Waals surface area contributed by atoms with Gasteiger partial charge in [0.2, 0.25) is 18.0 Å². The van der Waals surface area contributed by atoms with Gasteiger partial charge in [-0.25, -0.2) is 0 Å². The van der Waals surface area contributed by atoms with Crippen LogP contribution in [0.1, 0.15) is 24.3 Å². The zero-order valence-electron chi connectivity index (χ0n) is 14.9. The number of nitrogens with zero attached hydrogens (tertiary/aromatic N) is 3. The summed E-state index contributed by atoms with van der Waals surface area (Å²) in [6.07, 6.45) is -0.823. The van der Waals surface area contributed by atoms with Crippen molar-refractivity contribution in [1.29, 1.82) is 0 Å². The summed E-state index contributed by atoms with van der Waals surface area (Å²) in [5.74, 6) is 0.795. The number of hydrogen-bond acceptors (Lipinski definition) is 7. The van der Waals surface area contributed by atoms with Crippen molar-refractivity contribution >= 4 is 17.5 Å². The number of hydrazone groups is 1. The number of nitro benzene ring substituents is 1. The molecule has 0 N–H and O–H groups in total. The van der Waals surface area contributed by atoms with Crippen LogP contribution in [-0.4, -0.2) is 36.0 Å². The summed E-state index contributed by atoms with van der Waals surface area (Å²) in [6, 6.07) is 11.0. The molecule has 1 aliphatic heterocycles. The van der Waals surface area contributed by atoms with Crippen LogP contribution in [0.4, 0.5) is 5.69 Å². The Bertz CT molecular complexity index is 927. The molecular weight excluding hydrogens is 354 g/mol. The molecule has 0 saturated carbocycles. The Labute approximate surface area is 154 Å². The molecule has 0 saturated heterocycles. The summed E-state index contributed by atoms with van der Waals surface area (Å²) >= 11 is 0. The van der Waals surface area contributed by atoms with E-state index >= 15 is 0 Å². The molecule has 3 rings (SSSR count). The predicted octanol–water partition coefficient (Wildman–Crippen LogP) is 2.85. The highest BCUT2D eigenvalue weighted by Gasteiger charge is 2.34. The van der Waals surface area contributed by atoms with Crippen LogP contribution in [0.15, 0.2) is 47.6 Å². The average molecular weight is 371 g/mol. The number of benzene rings is 2. The Balaban J connectivity index is 1.96. The lowest BCUT2D eigenvalue weighted by atomic mass is 10.1. The molecule has 1 heterocycles. The minimum Gasteiger partial charge on any atom is -0.493 e. The smallest absolute Gasteiger partial charge is 0.270 e. The SMILES string of the molecule is COc1ccc(C2OC(c3cccc([N+](=O)[O-])c3)=NN2C(C)=O)cc1OC. The largest absolute Gasteiger partial charge is 0.493 e. The molecule has 1 aliphatic rings. The molecule has 0 radical (unpaired) electrons. The van der Waals surface area contributed by atoms with Crippen molar-refractivity contribution in [2.75, 3.05) is 14.2 Å². The van der Waals surface area contributed by atoms with Gasteiger partial charge in [0, 0.05) is 30.2 Å². The standard InChI is InChI=1S/C18H17N3O6/c1-11(22)20-18(13-7-8-15(25-2)16(10-13)26-3)27-17(19-20)12-5-4-6-14(9-12)21(23)24/h4-10,18H,1-3H3. The summed E-state index contributed by atoms with van der Waals surface area (Å²) < 4.78 is 16.4. The number of carbonyl (C=O) groups excluding carboxylic acids is 1. The van der Waals surface area contributed by atoms with E-state index in [1.165, 1.54) is 44.4 Å². The van der Waals surface area contributed by atoms with Crippen molar-refractivity contribution in [3.8, 4) is 11.5 Å². The van der Waals surface area contributed by atoms with Gasteiger partial charge in [-0.15, -0.1) is 5.10 Å². The van der Waals surface area contributed by atoms with Gasteiger partial charge in [-0.3, -0.25) is 14.9 Å². The fraction of sp³-hybridized carbons (Fsp3) is 0.222. The molecule has 0 aliphatic carbocycles. The fourth-order valence-corrected chi connectivity index (χ4v) is 2.66. The second-order valence-corrected chi connectivity index (χ2v) is 5.66. The predicted molar refractivity (Wildman–Crippen MR) is 95.5 cm³/mol. The highest BCUT2D eigenvalue weighted by molar-refractivity contribution is 5.96. The van der Waals surface area contributed by atoms with Crippen LogP contribution < -0.4 is 9.47 Å². The molecule has 140 valence electrons. The first kappa shape index (κ1) is 18.2. The minimum absolute atomic E-state index is 0.0947. The van der Waals surface area contributed by atoms with Crippen molar-refractivity contribution < 1.29 is 23.9 Å². The lowest BCUT2D eigenvalue weighted by molar-refractivity contribution is -0.384. The van der Waals surface area contributed by atoms with E-state index in [0.29, 0.717) is 22.6 Å². The molecule has 0 bridgehead atoms. The molecule has 1 unspecified atom stereocenters. The van der Waals surface area contributed by atoms with Gasteiger partial charge in [0.15, 0.2) is 11.5 Å². The van der Waals surface area contributed by atoms with E-state index in [9.17, 15) is 14.9 Å². The minimum atomic E-state index is -0.823. The maximum Gasteiger partial charge on any atom is 0.270 e. The van der Waals surface area contributed by atoms with Gasteiger partial charge in [0.25, 0.3) is 5.69 Å². The van der Waals surface area contributed by atoms with Crippen molar-refractivity contribution in [1.82, 2.24) is 5.01 Å². The van der Waals surface area contributed by atoms with Crippen LogP contribution in [0.2, 0.25) is 0 Å². The number of rotatable bonds is 5. The lowest BCUT2D eigenvalue weighted by Gasteiger charge is -2.20. The molecular formula is C18H17N3O6. The maximum absolute atomic E-state index is 12.0. The Hall–Kier alpha value is -3.62. The molecule has 1 amide bonds. The molecule has 1 atom stereocenters. The molecule has 2 aromatic rings.